The fraction of sp³-hybridized carbons (Fsp3) is 0.841. The Morgan fingerprint density at radius 1 is 0.425 bits per heavy atom. The Hall–Kier alpha value is -2.03. The van der Waals surface area contributed by atoms with E-state index in [1.807, 2.05) is 0 Å². The maximum absolute atomic E-state index is 12.7. The monoisotopic (exact) mass is 1050 g/mol. The topological polar surface area (TPSA) is 134 Å². The van der Waals surface area contributed by atoms with E-state index in [9.17, 15) is 19.0 Å². The molecule has 428 valence electrons. The van der Waals surface area contributed by atoms with Gasteiger partial charge in [-0.25, -0.2) is 4.57 Å². The number of hydrogen-bond donors (Lipinski definition) is 2. The average Bonchev–Trinajstić information content (AvgIpc) is 3.38. The van der Waals surface area contributed by atoms with Crippen molar-refractivity contribution in [1.82, 2.24) is 0 Å². The number of allylic oxidation sites excluding steroid dienone is 8. The van der Waals surface area contributed by atoms with Gasteiger partial charge in [-0.3, -0.25) is 18.6 Å². The summed E-state index contributed by atoms with van der Waals surface area (Å²) in [5.74, 6) is -0.815. The largest absolute Gasteiger partial charge is 0.472 e. The van der Waals surface area contributed by atoms with Crippen LogP contribution >= 0.6 is 7.82 Å². The fourth-order valence-corrected chi connectivity index (χ4v) is 9.93. The van der Waals surface area contributed by atoms with Gasteiger partial charge in [0.05, 0.1) is 13.2 Å². The normalized spacial score (nSPS) is 13.3. The SMILES string of the molecule is CC/C=C\C/C=C\C/C=C\C/C=C\CCCCCCCCCCCCCCC(=O)OC(COC(=O)CCCCCCCCCCCCCCCCCCCCCCCCCCCCC)COP(=O)(O)OCCN. The van der Waals surface area contributed by atoms with Crippen LogP contribution < -0.4 is 5.73 Å². The lowest BCUT2D eigenvalue weighted by Crippen LogP contribution is -2.29. The second kappa shape index (κ2) is 59.2. The summed E-state index contributed by atoms with van der Waals surface area (Å²) in [7, 11) is -4.39. The summed E-state index contributed by atoms with van der Waals surface area (Å²) >= 11 is 0. The number of ether oxygens (including phenoxy) is 2. The van der Waals surface area contributed by atoms with Gasteiger partial charge in [0.15, 0.2) is 6.10 Å². The zero-order valence-corrected chi connectivity index (χ0v) is 48.8. The number of unbranched alkanes of at least 4 members (excludes halogenated alkanes) is 38. The van der Waals surface area contributed by atoms with Gasteiger partial charge in [0.2, 0.25) is 0 Å². The van der Waals surface area contributed by atoms with Crippen LogP contribution in [0.1, 0.15) is 309 Å². The van der Waals surface area contributed by atoms with Crippen molar-refractivity contribution in [3.8, 4) is 0 Å². The van der Waals surface area contributed by atoms with Gasteiger partial charge in [-0.05, 0) is 51.4 Å². The number of carbonyl (C=O) groups is 2. The molecule has 0 spiro atoms. The van der Waals surface area contributed by atoms with Gasteiger partial charge in [0.25, 0.3) is 0 Å². The molecule has 0 fully saturated rings. The Labute approximate surface area is 451 Å². The van der Waals surface area contributed by atoms with E-state index in [0.29, 0.717) is 6.42 Å². The molecule has 0 bridgehead atoms. The van der Waals surface area contributed by atoms with Crippen molar-refractivity contribution < 1.29 is 37.6 Å². The first-order valence-electron chi connectivity index (χ1n) is 31.1. The van der Waals surface area contributed by atoms with Gasteiger partial charge >= 0.3 is 19.8 Å². The molecular formula is C63H118NO8P. The highest BCUT2D eigenvalue weighted by Gasteiger charge is 2.26. The molecule has 3 N–H and O–H groups in total. The molecule has 0 aliphatic rings. The predicted octanol–water partition coefficient (Wildman–Crippen LogP) is 19.7. The van der Waals surface area contributed by atoms with Crippen LogP contribution in [0, 0.1) is 0 Å². The first-order valence-corrected chi connectivity index (χ1v) is 32.6. The molecule has 0 heterocycles. The molecule has 0 aliphatic carbocycles. The van der Waals surface area contributed by atoms with Crippen LogP contribution in [-0.4, -0.2) is 49.3 Å². The summed E-state index contributed by atoms with van der Waals surface area (Å²) in [6.45, 7) is 3.68. The molecule has 0 rings (SSSR count). The molecule has 73 heavy (non-hydrogen) atoms. The van der Waals surface area contributed by atoms with E-state index in [1.54, 1.807) is 0 Å². The zero-order chi connectivity index (χ0) is 53.1. The molecule has 0 aromatic heterocycles. The Kier molecular flexibility index (Phi) is 57.6. The minimum atomic E-state index is -4.39. The summed E-state index contributed by atoms with van der Waals surface area (Å²) in [6.07, 6.45) is 73.2. The lowest BCUT2D eigenvalue weighted by Gasteiger charge is -2.19. The molecule has 0 aliphatic heterocycles. The summed E-state index contributed by atoms with van der Waals surface area (Å²) in [6, 6.07) is 0. The van der Waals surface area contributed by atoms with Crippen LogP contribution in [0.2, 0.25) is 0 Å². The van der Waals surface area contributed by atoms with Crippen molar-refractivity contribution in [3.05, 3.63) is 48.6 Å². The van der Waals surface area contributed by atoms with Crippen molar-refractivity contribution in [2.45, 2.75) is 315 Å². The zero-order valence-electron chi connectivity index (χ0n) is 47.9. The van der Waals surface area contributed by atoms with Crippen LogP contribution in [0.5, 0.6) is 0 Å². The van der Waals surface area contributed by atoms with E-state index >= 15 is 0 Å². The fourth-order valence-electron chi connectivity index (χ4n) is 9.16. The average molecular weight is 1050 g/mol. The number of phosphoric ester groups is 1. The van der Waals surface area contributed by atoms with Crippen molar-refractivity contribution in [2.75, 3.05) is 26.4 Å². The molecule has 9 nitrogen and oxygen atoms in total. The van der Waals surface area contributed by atoms with Crippen LogP contribution in [-0.2, 0) is 32.7 Å². The molecule has 0 saturated carbocycles. The molecular weight excluding hydrogens is 930 g/mol. The molecule has 0 aromatic carbocycles. The molecule has 10 heteroatoms. The van der Waals surface area contributed by atoms with Gasteiger partial charge in [-0.1, -0.05) is 294 Å². The number of rotatable bonds is 59. The third-order valence-corrected chi connectivity index (χ3v) is 14.7. The standard InChI is InChI=1S/C63H118NO8P/c1-3-5-7-9-11-13-15-17-19-21-23-25-27-29-30-32-33-35-37-39-41-43-45-47-49-51-53-55-62(65)69-59-61(60-71-73(67,68)70-58-57-64)72-63(66)56-54-52-50-48-46-44-42-40-38-36-34-31-28-26-24-22-20-18-16-14-12-10-8-6-4-2/h6,8,12,14,18,20,24,26,61H,3-5,7,9-11,13,15-17,19,21-23,25,27-60,64H2,1-2H3,(H,67,68)/b8-6-,14-12-,20-18-,26-24-. The van der Waals surface area contributed by atoms with Crippen molar-refractivity contribution >= 4 is 19.8 Å². The number of carbonyl (C=O) groups excluding carboxylic acids is 2. The molecule has 0 radical (unpaired) electrons. The Morgan fingerprint density at radius 2 is 0.753 bits per heavy atom. The molecule has 2 atom stereocenters. The maximum atomic E-state index is 12.7. The smallest absolute Gasteiger partial charge is 0.462 e. The number of nitrogens with two attached hydrogens (primary N) is 1. The number of esters is 2. The van der Waals surface area contributed by atoms with Crippen molar-refractivity contribution in [2.24, 2.45) is 5.73 Å². The molecule has 2 unspecified atom stereocenters. The Morgan fingerprint density at radius 3 is 1.12 bits per heavy atom. The van der Waals surface area contributed by atoms with Crippen LogP contribution in [0.3, 0.4) is 0 Å². The van der Waals surface area contributed by atoms with Gasteiger partial charge in [-0.2, -0.15) is 0 Å². The third kappa shape index (κ3) is 59.1. The molecule has 0 saturated heterocycles. The van der Waals surface area contributed by atoms with Gasteiger partial charge in [0, 0.05) is 19.4 Å². The third-order valence-electron chi connectivity index (χ3n) is 13.7. The minimum Gasteiger partial charge on any atom is -0.462 e. The first-order chi connectivity index (χ1) is 35.8. The highest BCUT2D eigenvalue weighted by Crippen LogP contribution is 2.43. The summed E-state index contributed by atoms with van der Waals surface area (Å²) in [5, 5.41) is 0. The van der Waals surface area contributed by atoms with Crippen molar-refractivity contribution in [3.63, 3.8) is 0 Å². The lowest BCUT2D eigenvalue weighted by atomic mass is 10.0. The summed E-state index contributed by atoms with van der Waals surface area (Å²) in [4.78, 5) is 35.3. The van der Waals surface area contributed by atoms with E-state index in [2.05, 4.69) is 62.5 Å². The van der Waals surface area contributed by atoms with E-state index in [0.717, 1.165) is 64.2 Å². The Bertz CT molecular complexity index is 1330. The van der Waals surface area contributed by atoms with E-state index in [1.165, 1.54) is 212 Å². The van der Waals surface area contributed by atoms with Crippen LogP contribution in [0.15, 0.2) is 48.6 Å². The number of hydrogen-bond acceptors (Lipinski definition) is 8. The predicted molar refractivity (Wildman–Crippen MR) is 312 cm³/mol. The van der Waals surface area contributed by atoms with Crippen molar-refractivity contribution in [1.29, 1.82) is 0 Å². The minimum absolute atomic E-state index is 0.0538. The highest BCUT2D eigenvalue weighted by atomic mass is 31.2. The Balaban J connectivity index is 3.90. The van der Waals surface area contributed by atoms with Crippen LogP contribution in [0.4, 0.5) is 0 Å². The van der Waals surface area contributed by atoms with Gasteiger partial charge in [-0.15, -0.1) is 0 Å². The lowest BCUT2D eigenvalue weighted by molar-refractivity contribution is -0.161. The van der Waals surface area contributed by atoms with Gasteiger partial charge < -0.3 is 20.1 Å². The van der Waals surface area contributed by atoms with Gasteiger partial charge in [0.1, 0.15) is 6.61 Å². The number of phosphoric acid groups is 1. The summed E-state index contributed by atoms with van der Waals surface area (Å²) < 4.78 is 33.1. The van der Waals surface area contributed by atoms with E-state index in [4.69, 9.17) is 24.3 Å². The van der Waals surface area contributed by atoms with E-state index in [-0.39, 0.29) is 38.6 Å². The first kappa shape index (κ1) is 71.0. The molecule has 0 aromatic rings. The van der Waals surface area contributed by atoms with E-state index < -0.39 is 26.5 Å². The second-order valence-corrected chi connectivity index (χ2v) is 22.4. The summed E-state index contributed by atoms with van der Waals surface area (Å²) in [5.41, 5.74) is 5.39. The molecule has 0 amide bonds. The quantitative estimate of drug-likeness (QED) is 0.0264. The van der Waals surface area contributed by atoms with Crippen LogP contribution in [0.25, 0.3) is 0 Å². The maximum Gasteiger partial charge on any atom is 0.472 e. The highest BCUT2D eigenvalue weighted by molar-refractivity contribution is 7.47. The second-order valence-electron chi connectivity index (χ2n) is 20.9.